The predicted molar refractivity (Wildman–Crippen MR) is 107 cm³/mol. The van der Waals surface area contributed by atoms with Crippen LogP contribution in [0.4, 0.5) is 5.82 Å². The van der Waals surface area contributed by atoms with Crippen molar-refractivity contribution in [2.75, 3.05) is 32.1 Å². The largest absolute Gasteiger partial charge is 0.361 e. The summed E-state index contributed by atoms with van der Waals surface area (Å²) in [6.07, 6.45) is 2.89. The predicted octanol–water partition coefficient (Wildman–Crippen LogP) is 1.65. The lowest BCUT2D eigenvalue weighted by molar-refractivity contribution is 0.0945. The molecule has 1 fully saturated rings. The summed E-state index contributed by atoms with van der Waals surface area (Å²) in [5, 5.41) is 10.7. The lowest BCUT2D eigenvalue weighted by atomic mass is 10.2. The van der Waals surface area contributed by atoms with Crippen LogP contribution in [0.2, 0.25) is 0 Å². The van der Waals surface area contributed by atoms with Crippen LogP contribution in [-0.4, -0.2) is 56.0 Å². The number of rotatable bonds is 6. The number of hydrogen-bond acceptors (Lipinski definition) is 6. The smallest absolute Gasteiger partial charge is 0.272 e. The Morgan fingerprint density at radius 1 is 1.04 bits per heavy atom. The summed E-state index contributed by atoms with van der Waals surface area (Å²) in [6, 6.07) is 9.97. The second-order valence-electron chi connectivity index (χ2n) is 6.96. The van der Waals surface area contributed by atoms with E-state index < -0.39 is 10.0 Å². The maximum Gasteiger partial charge on any atom is 0.272 e. The van der Waals surface area contributed by atoms with Crippen LogP contribution in [-0.2, 0) is 16.6 Å². The fraction of sp³-hybridized carbons (Fsp3) is 0.421. The Kier molecular flexibility index (Phi) is 6.25. The van der Waals surface area contributed by atoms with E-state index in [2.05, 4.69) is 15.5 Å². The van der Waals surface area contributed by atoms with Crippen molar-refractivity contribution in [1.82, 2.24) is 19.8 Å². The van der Waals surface area contributed by atoms with Gasteiger partial charge < -0.3 is 10.2 Å². The van der Waals surface area contributed by atoms with Gasteiger partial charge in [-0.05, 0) is 42.7 Å². The number of carbonyl (C=O) groups is 1. The maximum atomic E-state index is 12.7. The second kappa shape index (κ2) is 8.66. The molecule has 28 heavy (non-hydrogen) atoms. The van der Waals surface area contributed by atoms with Crippen LogP contribution in [0.1, 0.15) is 35.3 Å². The van der Waals surface area contributed by atoms with Crippen molar-refractivity contribution >= 4 is 21.7 Å². The molecular weight excluding hydrogens is 378 g/mol. The summed E-state index contributed by atoms with van der Waals surface area (Å²) in [6.45, 7) is 1.43. The number of benzene rings is 1. The Labute approximate surface area is 165 Å². The summed E-state index contributed by atoms with van der Waals surface area (Å²) in [4.78, 5) is 14.3. The average Bonchev–Trinajstić information content (AvgIpc) is 2.73. The summed E-state index contributed by atoms with van der Waals surface area (Å²) >= 11 is 0. The van der Waals surface area contributed by atoms with Crippen molar-refractivity contribution < 1.29 is 13.2 Å². The highest BCUT2D eigenvalue weighted by Crippen LogP contribution is 2.20. The normalized spacial score (nSPS) is 15.2. The first-order valence-electron chi connectivity index (χ1n) is 9.26. The Morgan fingerprint density at radius 3 is 2.29 bits per heavy atom. The molecule has 0 radical (unpaired) electrons. The van der Waals surface area contributed by atoms with Gasteiger partial charge in [0.25, 0.3) is 5.91 Å². The molecule has 1 amide bonds. The molecule has 0 unspecified atom stereocenters. The van der Waals surface area contributed by atoms with Crippen LogP contribution >= 0.6 is 0 Å². The van der Waals surface area contributed by atoms with Gasteiger partial charge in [-0.15, -0.1) is 10.2 Å². The van der Waals surface area contributed by atoms with Crippen molar-refractivity contribution in [1.29, 1.82) is 0 Å². The molecule has 2 aromatic rings. The van der Waals surface area contributed by atoms with E-state index in [-0.39, 0.29) is 23.0 Å². The molecule has 150 valence electrons. The van der Waals surface area contributed by atoms with Crippen molar-refractivity contribution in [2.45, 2.75) is 30.7 Å². The molecule has 0 saturated carbocycles. The molecule has 0 bridgehead atoms. The zero-order chi connectivity index (χ0) is 20.1. The minimum atomic E-state index is -3.44. The molecule has 1 aromatic carbocycles. The van der Waals surface area contributed by atoms with Crippen LogP contribution in [0.3, 0.4) is 0 Å². The van der Waals surface area contributed by atoms with Gasteiger partial charge in [-0.3, -0.25) is 4.79 Å². The highest BCUT2D eigenvalue weighted by molar-refractivity contribution is 7.89. The van der Waals surface area contributed by atoms with E-state index in [1.807, 2.05) is 14.1 Å². The second-order valence-corrected chi connectivity index (χ2v) is 8.90. The fourth-order valence-electron chi connectivity index (χ4n) is 2.99. The number of aromatic nitrogens is 2. The van der Waals surface area contributed by atoms with Crippen molar-refractivity contribution in [3.63, 3.8) is 0 Å². The first kappa shape index (κ1) is 20.2. The Morgan fingerprint density at radius 2 is 1.71 bits per heavy atom. The van der Waals surface area contributed by atoms with Gasteiger partial charge >= 0.3 is 0 Å². The Bertz CT molecular complexity index is 906. The Hall–Kier alpha value is -2.52. The molecule has 3 rings (SSSR count). The van der Waals surface area contributed by atoms with Gasteiger partial charge in [-0.25, -0.2) is 8.42 Å². The third-order valence-electron chi connectivity index (χ3n) is 4.67. The summed E-state index contributed by atoms with van der Waals surface area (Å²) < 4.78 is 26.9. The van der Waals surface area contributed by atoms with Crippen molar-refractivity contribution in [2.24, 2.45) is 0 Å². The standard InChI is InChI=1S/C19H25N5O3S/c1-23(2)18-11-10-17(21-22-18)19(25)20-14-15-6-8-16(9-7-15)28(26,27)24-12-4-3-5-13-24/h6-11H,3-5,12-14H2,1-2H3,(H,20,25). The zero-order valence-corrected chi connectivity index (χ0v) is 16.9. The van der Waals surface area contributed by atoms with Gasteiger partial charge in [0.15, 0.2) is 11.5 Å². The van der Waals surface area contributed by atoms with Gasteiger partial charge in [-0.2, -0.15) is 4.31 Å². The van der Waals surface area contributed by atoms with E-state index in [4.69, 9.17) is 0 Å². The third-order valence-corrected chi connectivity index (χ3v) is 6.58. The van der Waals surface area contributed by atoms with E-state index in [9.17, 15) is 13.2 Å². The van der Waals surface area contributed by atoms with Gasteiger partial charge in [0.2, 0.25) is 10.0 Å². The third kappa shape index (κ3) is 4.66. The first-order valence-corrected chi connectivity index (χ1v) is 10.7. The van der Waals surface area contributed by atoms with Gasteiger partial charge in [0.05, 0.1) is 4.90 Å². The van der Waals surface area contributed by atoms with E-state index >= 15 is 0 Å². The average molecular weight is 404 g/mol. The summed E-state index contributed by atoms with van der Waals surface area (Å²) in [7, 11) is 0.252. The minimum Gasteiger partial charge on any atom is -0.361 e. The van der Waals surface area contributed by atoms with Crippen molar-refractivity contribution in [3.05, 3.63) is 47.7 Å². The molecule has 9 heteroatoms. The number of carbonyl (C=O) groups excluding carboxylic acids is 1. The van der Waals surface area contributed by atoms with E-state index in [0.29, 0.717) is 18.9 Å². The molecule has 1 aliphatic heterocycles. The first-order chi connectivity index (χ1) is 13.4. The molecule has 1 aliphatic rings. The fourth-order valence-corrected chi connectivity index (χ4v) is 4.51. The SMILES string of the molecule is CN(C)c1ccc(C(=O)NCc2ccc(S(=O)(=O)N3CCCCC3)cc2)nn1. The lowest BCUT2D eigenvalue weighted by Gasteiger charge is -2.25. The number of nitrogens with one attached hydrogen (secondary N) is 1. The topological polar surface area (TPSA) is 95.5 Å². The molecule has 2 heterocycles. The molecule has 0 atom stereocenters. The van der Waals surface area contributed by atoms with Gasteiger partial charge in [-0.1, -0.05) is 18.6 Å². The number of sulfonamides is 1. The number of nitrogens with zero attached hydrogens (tertiary/aromatic N) is 4. The van der Waals surface area contributed by atoms with Crippen LogP contribution in [0.5, 0.6) is 0 Å². The van der Waals surface area contributed by atoms with Crippen LogP contribution in [0, 0.1) is 0 Å². The highest BCUT2D eigenvalue weighted by atomic mass is 32.2. The molecule has 1 saturated heterocycles. The Balaban J connectivity index is 1.60. The summed E-state index contributed by atoms with van der Waals surface area (Å²) in [5.74, 6) is 0.338. The monoisotopic (exact) mass is 403 g/mol. The molecule has 1 aromatic heterocycles. The van der Waals surface area contributed by atoms with Gasteiger partial charge in [0, 0.05) is 33.7 Å². The van der Waals surface area contributed by atoms with Crippen LogP contribution in [0.15, 0.2) is 41.3 Å². The number of anilines is 1. The summed E-state index contributed by atoms with van der Waals surface area (Å²) in [5.41, 5.74) is 1.04. The molecule has 0 aliphatic carbocycles. The molecule has 8 nitrogen and oxygen atoms in total. The highest BCUT2D eigenvalue weighted by Gasteiger charge is 2.25. The maximum absolute atomic E-state index is 12.7. The number of amides is 1. The quantitative estimate of drug-likeness (QED) is 0.788. The lowest BCUT2D eigenvalue weighted by Crippen LogP contribution is -2.35. The molecule has 1 N–H and O–H groups in total. The molecule has 0 spiro atoms. The van der Waals surface area contributed by atoms with Crippen molar-refractivity contribution in [3.8, 4) is 0 Å². The van der Waals surface area contributed by atoms with Crippen LogP contribution in [0.25, 0.3) is 0 Å². The van der Waals surface area contributed by atoms with Gasteiger partial charge in [0.1, 0.15) is 0 Å². The number of hydrogen-bond donors (Lipinski definition) is 1. The zero-order valence-electron chi connectivity index (χ0n) is 16.1. The van der Waals surface area contributed by atoms with E-state index in [1.165, 1.54) is 0 Å². The van der Waals surface area contributed by atoms with Crippen LogP contribution < -0.4 is 10.2 Å². The van der Waals surface area contributed by atoms with E-state index in [0.717, 1.165) is 24.8 Å². The minimum absolute atomic E-state index is 0.231. The van der Waals surface area contributed by atoms with E-state index in [1.54, 1.807) is 45.6 Å². The number of piperidine rings is 1. The molecular formula is C19H25N5O3S.